The van der Waals surface area contributed by atoms with Crippen molar-refractivity contribution in [1.29, 1.82) is 0 Å². The monoisotopic (exact) mass is 542 g/mol. The lowest BCUT2D eigenvalue weighted by atomic mass is 9.90. The lowest BCUT2D eigenvalue weighted by Gasteiger charge is -2.40. The molecule has 7 heteroatoms. The van der Waals surface area contributed by atoms with Crippen LogP contribution >= 0.6 is 34.4 Å². The van der Waals surface area contributed by atoms with Gasteiger partial charge in [0.1, 0.15) is 35.6 Å². The van der Waals surface area contributed by atoms with E-state index in [1.165, 1.54) is 34.0 Å². The van der Waals surface area contributed by atoms with Crippen molar-refractivity contribution in [1.82, 2.24) is 0 Å². The summed E-state index contributed by atoms with van der Waals surface area (Å²) in [5.41, 5.74) is 5.14. The van der Waals surface area contributed by atoms with E-state index in [-0.39, 0.29) is 0 Å². The van der Waals surface area contributed by atoms with Gasteiger partial charge in [-0.25, -0.2) is 0 Å². The van der Waals surface area contributed by atoms with E-state index in [9.17, 15) is 15.3 Å². The molecule has 2 aromatic carbocycles. The van der Waals surface area contributed by atoms with Crippen LogP contribution in [-0.4, -0.2) is 51.9 Å². The zero-order valence-corrected chi connectivity index (χ0v) is 19.8. The number of alkyl halides is 1. The van der Waals surface area contributed by atoms with Gasteiger partial charge in [-0.2, -0.15) is 0 Å². The molecule has 162 valence electrons. The largest absolute Gasteiger partial charge is 0.493 e. The summed E-state index contributed by atoms with van der Waals surface area (Å²) in [4.78, 5) is 0. The van der Waals surface area contributed by atoms with Gasteiger partial charge in [-0.1, -0.05) is 52.9 Å². The van der Waals surface area contributed by atoms with Gasteiger partial charge in [0.25, 0.3) is 0 Å². The molecular formula is C23H27IO5S. The molecule has 0 spiro atoms. The number of fused-ring (bicyclic) bond motifs is 1. The molecule has 5 nitrogen and oxygen atoms in total. The van der Waals surface area contributed by atoms with Crippen LogP contribution in [0, 0.1) is 0 Å². The van der Waals surface area contributed by atoms with Crippen LogP contribution in [0.1, 0.15) is 40.3 Å². The Hall–Kier alpha value is -0.840. The molecule has 2 aliphatic heterocycles. The van der Waals surface area contributed by atoms with Crippen molar-refractivity contribution in [2.24, 2.45) is 0 Å². The fourth-order valence-corrected chi connectivity index (χ4v) is 5.59. The molecule has 0 saturated carbocycles. The number of aliphatic hydroxyl groups is 3. The van der Waals surface area contributed by atoms with E-state index >= 15 is 0 Å². The molecule has 5 atom stereocenters. The summed E-state index contributed by atoms with van der Waals surface area (Å²) in [6, 6.07) is 12.5. The van der Waals surface area contributed by atoms with Crippen LogP contribution in [0.4, 0.5) is 0 Å². The Bertz CT molecular complexity index is 890. The molecule has 2 aromatic rings. The summed E-state index contributed by atoms with van der Waals surface area (Å²) in [5, 5.41) is 31.0. The lowest BCUT2D eigenvalue weighted by Crippen LogP contribution is -2.52. The highest BCUT2D eigenvalue weighted by molar-refractivity contribution is 14.1. The average molecular weight is 542 g/mol. The molecule has 0 aliphatic carbocycles. The van der Waals surface area contributed by atoms with Gasteiger partial charge in [-0.05, 0) is 59.4 Å². The van der Waals surface area contributed by atoms with Crippen LogP contribution in [0.15, 0.2) is 36.4 Å². The van der Waals surface area contributed by atoms with Gasteiger partial charge in [-0.3, -0.25) is 0 Å². The molecule has 0 radical (unpaired) electrons. The first kappa shape index (κ1) is 22.4. The third kappa shape index (κ3) is 4.52. The summed E-state index contributed by atoms with van der Waals surface area (Å²) < 4.78 is 12.6. The van der Waals surface area contributed by atoms with Crippen LogP contribution in [0.3, 0.4) is 0 Å². The predicted octanol–water partition coefficient (Wildman–Crippen LogP) is 3.38. The number of thioether (sulfide) groups is 1. The van der Waals surface area contributed by atoms with Crippen LogP contribution in [0.2, 0.25) is 0 Å². The van der Waals surface area contributed by atoms with Gasteiger partial charge in [0.05, 0.1) is 6.61 Å². The third-order valence-electron chi connectivity index (χ3n) is 5.87. The summed E-state index contributed by atoms with van der Waals surface area (Å²) in [6.45, 7) is 0.786. The van der Waals surface area contributed by atoms with Gasteiger partial charge >= 0.3 is 0 Å². The van der Waals surface area contributed by atoms with Crippen molar-refractivity contribution >= 4 is 34.4 Å². The van der Waals surface area contributed by atoms with E-state index in [1.807, 2.05) is 12.3 Å². The number of hydrogen-bond donors (Lipinski definition) is 3. The highest BCUT2D eigenvalue weighted by atomic mass is 127. The van der Waals surface area contributed by atoms with Gasteiger partial charge in [0.2, 0.25) is 0 Å². The summed E-state index contributed by atoms with van der Waals surface area (Å²) in [6.07, 6.45) is 0.473. The number of ether oxygens (including phenoxy) is 2. The Kier molecular flexibility index (Phi) is 7.27. The topological polar surface area (TPSA) is 79.2 Å². The molecule has 0 amide bonds. The maximum Gasteiger partial charge on any atom is 0.132 e. The van der Waals surface area contributed by atoms with E-state index in [4.69, 9.17) is 9.47 Å². The molecule has 0 aromatic heterocycles. The number of rotatable bonds is 5. The van der Waals surface area contributed by atoms with Gasteiger partial charge in [-0.15, -0.1) is 11.8 Å². The lowest BCUT2D eigenvalue weighted by molar-refractivity contribution is -0.200. The van der Waals surface area contributed by atoms with E-state index < -0.39 is 29.9 Å². The van der Waals surface area contributed by atoms with Gasteiger partial charge < -0.3 is 24.8 Å². The zero-order valence-electron chi connectivity index (χ0n) is 16.8. The number of aryl methyl sites for hydroxylation is 1. The van der Waals surface area contributed by atoms with Crippen LogP contribution < -0.4 is 4.74 Å². The molecule has 3 N–H and O–H groups in total. The Morgan fingerprint density at radius 1 is 1.03 bits per heavy atom. The maximum atomic E-state index is 10.6. The smallest absolute Gasteiger partial charge is 0.132 e. The second-order valence-electron chi connectivity index (χ2n) is 7.87. The molecular weight excluding hydrogens is 515 g/mol. The average Bonchev–Trinajstić information content (AvgIpc) is 2.77. The van der Waals surface area contributed by atoms with Crippen molar-refractivity contribution in [2.75, 3.05) is 12.9 Å². The molecule has 1 saturated heterocycles. The summed E-state index contributed by atoms with van der Waals surface area (Å²) >= 11 is 3.69. The molecule has 30 heavy (non-hydrogen) atoms. The summed E-state index contributed by atoms with van der Waals surface area (Å²) in [5.74, 6) is 0.988. The Labute approximate surface area is 194 Å². The fraction of sp³-hybridized carbons (Fsp3) is 0.478. The number of halogens is 1. The maximum absolute atomic E-state index is 10.6. The normalized spacial score (nSPS) is 28.6. The molecule has 0 bridgehead atoms. The first-order chi connectivity index (χ1) is 14.5. The third-order valence-corrected chi connectivity index (χ3v) is 7.55. The minimum Gasteiger partial charge on any atom is -0.493 e. The molecule has 2 heterocycles. The second kappa shape index (κ2) is 9.75. The van der Waals surface area contributed by atoms with E-state index in [2.05, 4.69) is 52.9 Å². The highest BCUT2D eigenvalue weighted by Gasteiger charge is 2.44. The summed E-state index contributed by atoms with van der Waals surface area (Å²) in [7, 11) is 0. The molecule has 4 rings (SSSR count). The van der Waals surface area contributed by atoms with Crippen molar-refractivity contribution in [3.63, 3.8) is 0 Å². The van der Waals surface area contributed by atoms with E-state index in [0.717, 1.165) is 41.6 Å². The zero-order chi connectivity index (χ0) is 21.3. The Morgan fingerprint density at radius 2 is 1.87 bits per heavy atom. The van der Waals surface area contributed by atoms with E-state index in [0.29, 0.717) is 0 Å². The SMILES string of the molecule is CS[C@H]1O[C@@H](c2ccc(CI)c(Cc3ccc4c(c3)CCCO4)c2)[C@H](O)[C@@H](O)[C@@H]1O. The molecule has 0 unspecified atom stereocenters. The van der Waals surface area contributed by atoms with Gasteiger partial charge in [0.15, 0.2) is 0 Å². The first-order valence-corrected chi connectivity index (χ1v) is 13.0. The highest BCUT2D eigenvalue weighted by Crippen LogP contribution is 2.37. The van der Waals surface area contributed by atoms with Crippen molar-refractivity contribution < 1.29 is 24.8 Å². The van der Waals surface area contributed by atoms with Crippen molar-refractivity contribution in [3.05, 3.63) is 64.2 Å². The van der Waals surface area contributed by atoms with Crippen LogP contribution in [0.25, 0.3) is 0 Å². The van der Waals surface area contributed by atoms with E-state index in [1.54, 1.807) is 0 Å². The number of benzene rings is 2. The van der Waals surface area contributed by atoms with Crippen LogP contribution in [-0.2, 0) is 22.0 Å². The fourth-order valence-electron chi connectivity index (χ4n) is 4.18. The standard InChI is InChI=1S/C23H27IO5S/c1-30-23-21(27)19(25)20(26)22(29-23)15-5-6-16(12-24)17(11-15)10-13-4-7-18-14(9-13)3-2-8-28-18/h4-7,9,11,19-23,25-27H,2-3,8,10,12H2,1H3/t19-,20-,21+,22+,23-/m1/s1. The number of aliphatic hydroxyl groups excluding tert-OH is 3. The molecule has 1 fully saturated rings. The Morgan fingerprint density at radius 3 is 2.63 bits per heavy atom. The van der Waals surface area contributed by atoms with Crippen molar-refractivity contribution in [2.45, 2.75) is 53.5 Å². The minimum atomic E-state index is -1.24. The minimum absolute atomic E-state index is 0.582. The quantitative estimate of drug-likeness (QED) is 0.398. The van der Waals surface area contributed by atoms with Gasteiger partial charge in [0, 0.05) is 4.43 Å². The Balaban J connectivity index is 1.62. The molecule has 2 aliphatic rings. The van der Waals surface area contributed by atoms with Crippen LogP contribution in [0.5, 0.6) is 5.75 Å². The predicted molar refractivity (Wildman–Crippen MR) is 126 cm³/mol. The number of hydrogen-bond acceptors (Lipinski definition) is 6. The van der Waals surface area contributed by atoms with Crippen molar-refractivity contribution in [3.8, 4) is 5.75 Å². The first-order valence-electron chi connectivity index (χ1n) is 10.2. The second-order valence-corrected chi connectivity index (χ2v) is 9.56.